The van der Waals surface area contributed by atoms with Crippen molar-refractivity contribution in [3.05, 3.63) is 22.7 Å². The highest BCUT2D eigenvalue weighted by Gasteiger charge is 2.39. The van der Waals surface area contributed by atoms with E-state index in [0.717, 1.165) is 24.8 Å². The van der Waals surface area contributed by atoms with Crippen molar-refractivity contribution < 1.29 is 9.84 Å². The predicted molar refractivity (Wildman–Crippen MR) is 60.8 cm³/mol. The number of benzene rings is 1. The van der Waals surface area contributed by atoms with Crippen LogP contribution in [-0.2, 0) is 5.41 Å². The fraction of sp³-hybridized carbons (Fsp3) is 0.417. The third-order valence-electron chi connectivity index (χ3n) is 3.21. The third-order valence-corrected chi connectivity index (χ3v) is 3.59. The second-order valence-corrected chi connectivity index (χ2v) is 4.44. The van der Waals surface area contributed by atoms with E-state index in [0.29, 0.717) is 5.75 Å². The first-order chi connectivity index (χ1) is 7.63. The van der Waals surface area contributed by atoms with Gasteiger partial charge in [0.25, 0.3) is 0 Å². The van der Waals surface area contributed by atoms with Gasteiger partial charge in [0.05, 0.1) is 18.6 Å². The molecule has 1 saturated carbocycles. The minimum absolute atomic E-state index is 0.0301. The molecule has 84 valence electrons. The molecule has 0 heterocycles. The smallest absolute Gasteiger partial charge is 0.141 e. The topological polar surface area (TPSA) is 53.2 Å². The molecule has 0 aromatic heterocycles. The number of phenolic OH excluding ortho intramolecular Hbond substituents is 1. The summed E-state index contributed by atoms with van der Waals surface area (Å²) in [5, 5.41) is 19.1. The number of nitriles is 1. The van der Waals surface area contributed by atoms with Crippen molar-refractivity contribution in [3.63, 3.8) is 0 Å². The highest BCUT2D eigenvalue weighted by Crippen LogP contribution is 2.47. The Kier molecular flexibility index (Phi) is 2.69. The second-order valence-electron chi connectivity index (χ2n) is 4.06. The highest BCUT2D eigenvalue weighted by molar-refractivity contribution is 6.33. The van der Waals surface area contributed by atoms with E-state index < -0.39 is 5.41 Å². The van der Waals surface area contributed by atoms with Gasteiger partial charge in [0, 0.05) is 0 Å². The number of hydrogen-bond donors (Lipinski definition) is 1. The van der Waals surface area contributed by atoms with Crippen molar-refractivity contribution in [3.8, 4) is 17.6 Å². The number of methoxy groups -OCH3 is 1. The third kappa shape index (κ3) is 1.50. The predicted octanol–water partition coefficient (Wildman–Crippen LogP) is 3.00. The van der Waals surface area contributed by atoms with E-state index in [-0.39, 0.29) is 10.8 Å². The van der Waals surface area contributed by atoms with Crippen LogP contribution in [0, 0.1) is 11.3 Å². The van der Waals surface area contributed by atoms with Gasteiger partial charge >= 0.3 is 0 Å². The Balaban J connectivity index is 2.51. The largest absolute Gasteiger partial charge is 0.506 e. The van der Waals surface area contributed by atoms with Gasteiger partial charge in [-0.2, -0.15) is 5.26 Å². The van der Waals surface area contributed by atoms with E-state index in [4.69, 9.17) is 16.3 Å². The molecule has 0 saturated heterocycles. The molecule has 0 atom stereocenters. The molecule has 1 aromatic rings. The molecule has 0 amide bonds. The van der Waals surface area contributed by atoms with Crippen LogP contribution in [0.15, 0.2) is 12.1 Å². The fourth-order valence-corrected chi connectivity index (χ4v) is 2.19. The van der Waals surface area contributed by atoms with E-state index in [9.17, 15) is 10.4 Å². The summed E-state index contributed by atoms with van der Waals surface area (Å²) in [6.45, 7) is 0. The number of hydrogen-bond acceptors (Lipinski definition) is 3. The van der Waals surface area contributed by atoms with Crippen molar-refractivity contribution in [1.29, 1.82) is 5.26 Å². The number of rotatable bonds is 2. The number of phenols is 1. The molecule has 1 fully saturated rings. The molecule has 3 nitrogen and oxygen atoms in total. The molecular formula is C12H12ClNO2. The average Bonchev–Trinajstić information content (AvgIpc) is 2.22. The minimum atomic E-state index is -0.463. The Hall–Kier alpha value is -1.40. The van der Waals surface area contributed by atoms with Crippen molar-refractivity contribution in [2.75, 3.05) is 7.11 Å². The Bertz CT molecular complexity index is 461. The van der Waals surface area contributed by atoms with E-state index in [1.807, 2.05) is 0 Å². The average molecular weight is 238 g/mol. The zero-order valence-corrected chi connectivity index (χ0v) is 9.71. The summed E-state index contributed by atoms with van der Waals surface area (Å²) in [7, 11) is 1.49. The van der Waals surface area contributed by atoms with Crippen LogP contribution in [0.2, 0.25) is 5.02 Å². The zero-order chi connectivity index (χ0) is 11.8. The molecule has 1 aliphatic carbocycles. The normalized spacial score (nSPS) is 17.3. The molecule has 0 aliphatic heterocycles. The summed E-state index contributed by atoms with van der Waals surface area (Å²) in [6, 6.07) is 5.62. The summed E-state index contributed by atoms with van der Waals surface area (Å²) in [5.41, 5.74) is 0.329. The van der Waals surface area contributed by atoms with Gasteiger partial charge in [-0.25, -0.2) is 0 Å². The first kappa shape index (κ1) is 11.1. The lowest BCUT2D eigenvalue weighted by molar-refractivity contribution is 0.320. The first-order valence-corrected chi connectivity index (χ1v) is 5.49. The van der Waals surface area contributed by atoms with Crippen LogP contribution in [0.25, 0.3) is 0 Å². The lowest BCUT2D eigenvalue weighted by atomic mass is 9.65. The molecule has 0 bridgehead atoms. The van der Waals surface area contributed by atoms with Crippen LogP contribution in [-0.4, -0.2) is 12.2 Å². The number of halogens is 1. The van der Waals surface area contributed by atoms with Gasteiger partial charge in [0.1, 0.15) is 16.5 Å². The molecule has 2 rings (SSSR count). The van der Waals surface area contributed by atoms with E-state index in [2.05, 4.69) is 6.07 Å². The van der Waals surface area contributed by atoms with Crippen molar-refractivity contribution >= 4 is 11.6 Å². The van der Waals surface area contributed by atoms with Crippen LogP contribution in [0.5, 0.6) is 11.5 Å². The number of ether oxygens (including phenoxy) is 1. The van der Waals surface area contributed by atoms with Gasteiger partial charge in [-0.3, -0.25) is 0 Å². The van der Waals surface area contributed by atoms with Crippen molar-refractivity contribution in [2.45, 2.75) is 24.7 Å². The van der Waals surface area contributed by atoms with E-state index in [1.54, 1.807) is 12.1 Å². The fourth-order valence-electron chi connectivity index (χ4n) is 2.00. The Morgan fingerprint density at radius 1 is 1.50 bits per heavy atom. The second kappa shape index (κ2) is 3.88. The standard InChI is InChI=1S/C12H12ClNO2/c1-16-10-6-8(5-9(15)11(10)13)12(7-14)3-2-4-12/h5-6,15H,2-4H2,1H3. The molecule has 16 heavy (non-hydrogen) atoms. The molecule has 0 spiro atoms. The van der Waals surface area contributed by atoms with E-state index in [1.165, 1.54) is 7.11 Å². The van der Waals surface area contributed by atoms with Gasteiger partial charge in [-0.05, 0) is 37.0 Å². The molecule has 0 radical (unpaired) electrons. The lowest BCUT2D eigenvalue weighted by Gasteiger charge is -2.35. The number of aromatic hydroxyl groups is 1. The number of nitrogens with zero attached hydrogens (tertiary/aromatic N) is 1. The SMILES string of the molecule is COc1cc(C2(C#N)CCC2)cc(O)c1Cl. The van der Waals surface area contributed by atoms with Gasteiger partial charge in [0.15, 0.2) is 0 Å². The highest BCUT2D eigenvalue weighted by atomic mass is 35.5. The summed E-state index contributed by atoms with van der Waals surface area (Å²) < 4.78 is 5.07. The Morgan fingerprint density at radius 3 is 2.62 bits per heavy atom. The minimum Gasteiger partial charge on any atom is -0.506 e. The molecule has 0 unspecified atom stereocenters. The van der Waals surface area contributed by atoms with Crippen LogP contribution in [0.3, 0.4) is 0 Å². The molecule has 1 aliphatic rings. The van der Waals surface area contributed by atoms with Gasteiger partial charge in [-0.15, -0.1) is 0 Å². The zero-order valence-electron chi connectivity index (χ0n) is 8.96. The van der Waals surface area contributed by atoms with Crippen LogP contribution in [0.1, 0.15) is 24.8 Å². The monoisotopic (exact) mass is 237 g/mol. The van der Waals surface area contributed by atoms with Crippen LogP contribution >= 0.6 is 11.6 Å². The molecule has 1 N–H and O–H groups in total. The summed E-state index contributed by atoms with van der Waals surface area (Å²) >= 11 is 5.86. The lowest BCUT2D eigenvalue weighted by Crippen LogP contribution is -2.32. The maximum atomic E-state index is 9.67. The van der Waals surface area contributed by atoms with Gasteiger partial charge in [0.2, 0.25) is 0 Å². The maximum Gasteiger partial charge on any atom is 0.141 e. The van der Waals surface area contributed by atoms with Crippen molar-refractivity contribution in [1.82, 2.24) is 0 Å². The summed E-state index contributed by atoms with van der Waals surface area (Å²) in [4.78, 5) is 0. The van der Waals surface area contributed by atoms with Gasteiger partial charge < -0.3 is 9.84 Å². The van der Waals surface area contributed by atoms with Crippen molar-refractivity contribution in [2.24, 2.45) is 0 Å². The summed E-state index contributed by atoms with van der Waals surface area (Å²) in [5.74, 6) is 0.385. The molecular weight excluding hydrogens is 226 g/mol. The molecule has 1 aromatic carbocycles. The van der Waals surface area contributed by atoms with Gasteiger partial charge in [-0.1, -0.05) is 11.6 Å². The summed E-state index contributed by atoms with van der Waals surface area (Å²) in [6.07, 6.45) is 2.70. The Labute approximate surface area is 99.2 Å². The maximum absolute atomic E-state index is 9.67. The van der Waals surface area contributed by atoms with Crippen LogP contribution in [0.4, 0.5) is 0 Å². The quantitative estimate of drug-likeness (QED) is 0.860. The first-order valence-electron chi connectivity index (χ1n) is 5.11. The van der Waals surface area contributed by atoms with Crippen LogP contribution < -0.4 is 4.74 Å². The molecule has 4 heteroatoms. The Morgan fingerprint density at radius 2 is 2.19 bits per heavy atom. The van der Waals surface area contributed by atoms with E-state index >= 15 is 0 Å².